The molecule has 2 saturated carbocycles. The summed E-state index contributed by atoms with van der Waals surface area (Å²) in [6.45, 7) is 4.46. The molecule has 31 heavy (non-hydrogen) atoms. The van der Waals surface area contributed by atoms with Crippen molar-refractivity contribution in [3.63, 3.8) is 0 Å². The molecule has 5 nitrogen and oxygen atoms in total. The van der Waals surface area contributed by atoms with Crippen molar-refractivity contribution in [2.75, 3.05) is 0 Å². The lowest BCUT2D eigenvalue weighted by molar-refractivity contribution is -0.0163. The molecule has 2 aromatic heterocycles. The van der Waals surface area contributed by atoms with Crippen LogP contribution in [0.1, 0.15) is 87.3 Å². The van der Waals surface area contributed by atoms with E-state index in [0.717, 1.165) is 31.4 Å². The van der Waals surface area contributed by atoms with Crippen LogP contribution in [0, 0.1) is 17.3 Å². The maximum Gasteiger partial charge on any atom is 0.268 e. The fourth-order valence-corrected chi connectivity index (χ4v) is 5.84. The zero-order valence-corrected chi connectivity index (χ0v) is 18.2. The van der Waals surface area contributed by atoms with Gasteiger partial charge in [0.2, 0.25) is 5.92 Å². The summed E-state index contributed by atoms with van der Waals surface area (Å²) >= 11 is 0. The Balaban J connectivity index is 1.74. The van der Waals surface area contributed by atoms with Gasteiger partial charge in [0.25, 0.3) is 5.91 Å². The van der Waals surface area contributed by atoms with Crippen LogP contribution in [-0.4, -0.2) is 21.8 Å². The first-order valence-electron chi connectivity index (χ1n) is 11.3. The first kappa shape index (κ1) is 21.9. The van der Waals surface area contributed by atoms with Crippen LogP contribution < -0.4 is 11.2 Å². The Labute approximate surface area is 180 Å². The standard InChI is InChI=1S/C24H31F2N3O2/c1-23(2)9-6-15(14-4-3-8-24(25,26)10-5-14)16(13-23)18-12-19(30)20-17(29-18)7-11-28-21(20)22(27)31/h7,11-12,14-16H,3-6,8-10,13H2,1-2H3,(H2,27,31)(H,29,30). The Kier molecular flexibility index (Phi) is 5.64. The molecular formula is C24H31F2N3O2. The van der Waals surface area contributed by atoms with Crippen LogP contribution in [0.5, 0.6) is 0 Å². The minimum atomic E-state index is -2.56. The second-order valence-corrected chi connectivity index (χ2v) is 10.3. The van der Waals surface area contributed by atoms with E-state index in [4.69, 9.17) is 5.73 Å². The average Bonchev–Trinajstić information content (AvgIpc) is 2.87. The van der Waals surface area contributed by atoms with Crippen LogP contribution in [0.15, 0.2) is 23.1 Å². The first-order valence-corrected chi connectivity index (χ1v) is 11.3. The quantitative estimate of drug-likeness (QED) is 0.659. The molecule has 0 aliphatic heterocycles. The van der Waals surface area contributed by atoms with Crippen LogP contribution in [-0.2, 0) is 0 Å². The third kappa shape index (κ3) is 4.51. The highest BCUT2D eigenvalue weighted by Crippen LogP contribution is 2.52. The van der Waals surface area contributed by atoms with Gasteiger partial charge in [-0.1, -0.05) is 13.8 Å². The maximum atomic E-state index is 14.0. The monoisotopic (exact) mass is 431 g/mol. The predicted octanol–water partition coefficient (Wildman–Crippen LogP) is 5.15. The summed E-state index contributed by atoms with van der Waals surface area (Å²) in [4.78, 5) is 32.1. The van der Waals surface area contributed by atoms with E-state index in [1.165, 1.54) is 6.20 Å². The van der Waals surface area contributed by atoms with Crippen molar-refractivity contribution in [3.05, 3.63) is 39.9 Å². The number of hydrogen-bond donors (Lipinski definition) is 2. The first-order chi connectivity index (χ1) is 14.6. The normalized spacial score (nSPS) is 28.2. The fourth-order valence-electron chi connectivity index (χ4n) is 5.84. The lowest BCUT2D eigenvalue weighted by atomic mass is 9.61. The van der Waals surface area contributed by atoms with Gasteiger partial charge in [-0.15, -0.1) is 0 Å². The molecule has 3 unspecified atom stereocenters. The van der Waals surface area contributed by atoms with E-state index in [0.29, 0.717) is 18.4 Å². The molecule has 0 radical (unpaired) electrons. The minimum absolute atomic E-state index is 0.0257. The Bertz CT molecular complexity index is 1050. The molecule has 168 valence electrons. The number of H-pyrrole nitrogens is 1. The summed E-state index contributed by atoms with van der Waals surface area (Å²) < 4.78 is 28.0. The molecule has 0 bridgehead atoms. The van der Waals surface area contributed by atoms with Crippen LogP contribution in [0.3, 0.4) is 0 Å². The number of nitrogens with zero attached hydrogens (tertiary/aromatic N) is 1. The zero-order valence-electron chi connectivity index (χ0n) is 18.2. The van der Waals surface area contributed by atoms with Gasteiger partial charge < -0.3 is 10.7 Å². The molecule has 2 fully saturated rings. The number of aromatic amines is 1. The summed E-state index contributed by atoms with van der Waals surface area (Å²) in [5.74, 6) is -2.73. The van der Waals surface area contributed by atoms with Crippen molar-refractivity contribution in [3.8, 4) is 0 Å². The molecule has 2 aromatic rings. The largest absolute Gasteiger partial charge is 0.364 e. The molecule has 0 spiro atoms. The zero-order chi connectivity index (χ0) is 22.4. The molecule has 2 aliphatic rings. The van der Waals surface area contributed by atoms with E-state index in [2.05, 4.69) is 23.8 Å². The molecule has 0 aromatic carbocycles. The lowest BCUT2D eigenvalue weighted by Crippen LogP contribution is -2.34. The number of carbonyl (C=O) groups excluding carboxylic acids is 1. The second kappa shape index (κ2) is 7.99. The van der Waals surface area contributed by atoms with Crippen molar-refractivity contribution >= 4 is 16.8 Å². The number of halogens is 2. The second-order valence-electron chi connectivity index (χ2n) is 10.3. The molecule has 2 aliphatic carbocycles. The van der Waals surface area contributed by atoms with E-state index in [9.17, 15) is 18.4 Å². The van der Waals surface area contributed by atoms with Crippen molar-refractivity contribution in [1.29, 1.82) is 0 Å². The van der Waals surface area contributed by atoms with Gasteiger partial charge in [-0.3, -0.25) is 14.6 Å². The molecule has 2 heterocycles. The number of hydrogen-bond acceptors (Lipinski definition) is 3. The molecule has 3 N–H and O–H groups in total. The van der Waals surface area contributed by atoms with E-state index in [1.54, 1.807) is 12.1 Å². The molecule has 3 atom stereocenters. The van der Waals surface area contributed by atoms with E-state index >= 15 is 0 Å². The van der Waals surface area contributed by atoms with Gasteiger partial charge in [-0.05, 0) is 61.8 Å². The number of nitrogens with one attached hydrogen (secondary N) is 1. The van der Waals surface area contributed by atoms with Gasteiger partial charge in [-0.2, -0.15) is 0 Å². The fraction of sp³-hybridized carbons (Fsp3) is 0.625. The Hall–Kier alpha value is -2.31. The van der Waals surface area contributed by atoms with Crippen LogP contribution in [0.25, 0.3) is 10.9 Å². The van der Waals surface area contributed by atoms with Crippen molar-refractivity contribution < 1.29 is 13.6 Å². The summed E-state index contributed by atoms with van der Waals surface area (Å²) in [5, 5.41) is 0.208. The lowest BCUT2D eigenvalue weighted by Gasteiger charge is -2.44. The number of primary amides is 1. The molecule has 1 amide bonds. The Morgan fingerprint density at radius 2 is 1.97 bits per heavy atom. The number of nitrogens with two attached hydrogens (primary N) is 1. The van der Waals surface area contributed by atoms with Gasteiger partial charge >= 0.3 is 0 Å². The number of amides is 1. The van der Waals surface area contributed by atoms with Gasteiger partial charge in [0.15, 0.2) is 5.43 Å². The number of alkyl halides is 2. The van der Waals surface area contributed by atoms with Gasteiger partial charge in [-0.25, -0.2) is 8.78 Å². The highest BCUT2D eigenvalue weighted by molar-refractivity contribution is 6.03. The van der Waals surface area contributed by atoms with Crippen LogP contribution in [0.4, 0.5) is 8.78 Å². The Morgan fingerprint density at radius 1 is 1.19 bits per heavy atom. The predicted molar refractivity (Wildman–Crippen MR) is 116 cm³/mol. The summed E-state index contributed by atoms with van der Waals surface area (Å²) in [7, 11) is 0. The molecule has 7 heteroatoms. The number of fused-ring (bicyclic) bond motifs is 1. The maximum absolute atomic E-state index is 14.0. The summed E-state index contributed by atoms with van der Waals surface area (Å²) in [6.07, 6.45) is 6.19. The SMILES string of the molecule is CC1(C)CCC(C2CCCC(F)(F)CC2)C(c2cc(=O)c3c(C(N)=O)nccc3[nH]2)C1. The third-order valence-corrected chi connectivity index (χ3v) is 7.44. The summed E-state index contributed by atoms with van der Waals surface area (Å²) in [6, 6.07) is 3.25. The number of aromatic nitrogens is 2. The third-order valence-electron chi connectivity index (χ3n) is 7.44. The number of carbonyl (C=O) groups is 1. The van der Waals surface area contributed by atoms with Gasteiger partial charge in [0.05, 0.1) is 10.9 Å². The highest BCUT2D eigenvalue weighted by atomic mass is 19.3. The van der Waals surface area contributed by atoms with Crippen molar-refractivity contribution in [1.82, 2.24) is 9.97 Å². The highest BCUT2D eigenvalue weighted by Gasteiger charge is 2.42. The number of pyridine rings is 2. The van der Waals surface area contributed by atoms with Crippen LogP contribution >= 0.6 is 0 Å². The molecule has 4 rings (SSSR count). The minimum Gasteiger partial charge on any atom is -0.364 e. The smallest absolute Gasteiger partial charge is 0.268 e. The topological polar surface area (TPSA) is 88.8 Å². The van der Waals surface area contributed by atoms with E-state index < -0.39 is 11.8 Å². The Morgan fingerprint density at radius 3 is 2.71 bits per heavy atom. The molecular weight excluding hydrogens is 400 g/mol. The van der Waals surface area contributed by atoms with E-state index in [-0.39, 0.29) is 52.5 Å². The van der Waals surface area contributed by atoms with E-state index in [1.807, 2.05) is 0 Å². The van der Waals surface area contributed by atoms with Crippen molar-refractivity contribution in [2.24, 2.45) is 23.0 Å². The molecule has 0 saturated heterocycles. The summed E-state index contributed by atoms with van der Waals surface area (Å²) in [5.41, 5.74) is 6.58. The number of rotatable bonds is 3. The van der Waals surface area contributed by atoms with Gasteiger partial charge in [0, 0.05) is 36.7 Å². The van der Waals surface area contributed by atoms with Crippen LogP contribution in [0.2, 0.25) is 0 Å². The van der Waals surface area contributed by atoms with Crippen molar-refractivity contribution in [2.45, 2.75) is 77.1 Å². The van der Waals surface area contributed by atoms with Gasteiger partial charge in [0.1, 0.15) is 5.69 Å². The average molecular weight is 432 g/mol.